The number of ether oxygens (including phenoxy) is 1. The first-order chi connectivity index (χ1) is 8.72. The van der Waals surface area contributed by atoms with Gasteiger partial charge in [0.1, 0.15) is 0 Å². The van der Waals surface area contributed by atoms with Gasteiger partial charge in [-0.25, -0.2) is 0 Å². The van der Waals surface area contributed by atoms with E-state index in [-0.39, 0.29) is 5.91 Å². The lowest BCUT2D eigenvalue weighted by Crippen LogP contribution is -2.26. The number of hydrogen-bond donors (Lipinski definition) is 2. The SMILES string of the molecule is COCCCNC(=O)CCNc1cccc(C)c1. The highest BCUT2D eigenvalue weighted by atomic mass is 16.5. The minimum absolute atomic E-state index is 0.0752. The molecular weight excluding hydrogens is 228 g/mol. The molecule has 0 heterocycles. The predicted octanol–water partition coefficient (Wildman–Crippen LogP) is 1.95. The van der Waals surface area contributed by atoms with Crippen LogP contribution in [0.15, 0.2) is 24.3 Å². The Bertz CT molecular complexity index is 367. The molecule has 1 aromatic rings. The van der Waals surface area contributed by atoms with E-state index in [1.54, 1.807) is 7.11 Å². The molecule has 0 spiro atoms. The van der Waals surface area contributed by atoms with Crippen LogP contribution in [0.3, 0.4) is 0 Å². The first-order valence-electron chi connectivity index (χ1n) is 6.28. The van der Waals surface area contributed by atoms with E-state index in [4.69, 9.17) is 4.74 Å². The highest BCUT2D eigenvalue weighted by Gasteiger charge is 2.00. The number of rotatable bonds is 8. The van der Waals surface area contributed by atoms with Crippen LogP contribution in [0.4, 0.5) is 5.69 Å². The monoisotopic (exact) mass is 250 g/mol. The maximum Gasteiger partial charge on any atom is 0.221 e. The van der Waals surface area contributed by atoms with Crippen LogP contribution in [-0.2, 0) is 9.53 Å². The number of methoxy groups -OCH3 is 1. The Morgan fingerprint density at radius 2 is 2.17 bits per heavy atom. The molecule has 0 radical (unpaired) electrons. The van der Waals surface area contributed by atoms with Crippen molar-refractivity contribution in [2.75, 3.05) is 32.1 Å². The maximum absolute atomic E-state index is 11.5. The number of benzene rings is 1. The molecule has 100 valence electrons. The summed E-state index contributed by atoms with van der Waals surface area (Å²) >= 11 is 0. The third-order valence-corrected chi connectivity index (χ3v) is 2.55. The molecule has 0 aliphatic carbocycles. The number of hydrogen-bond acceptors (Lipinski definition) is 3. The molecule has 18 heavy (non-hydrogen) atoms. The van der Waals surface area contributed by atoms with Gasteiger partial charge < -0.3 is 15.4 Å². The first-order valence-corrected chi connectivity index (χ1v) is 6.28. The van der Waals surface area contributed by atoms with Crippen molar-refractivity contribution >= 4 is 11.6 Å². The second-order valence-electron chi connectivity index (χ2n) is 4.24. The van der Waals surface area contributed by atoms with Crippen LogP contribution in [0.25, 0.3) is 0 Å². The molecule has 0 fully saturated rings. The van der Waals surface area contributed by atoms with Crippen LogP contribution >= 0.6 is 0 Å². The second kappa shape index (κ2) is 8.53. The van der Waals surface area contributed by atoms with Gasteiger partial charge in [0.15, 0.2) is 0 Å². The van der Waals surface area contributed by atoms with Crippen LogP contribution in [0, 0.1) is 6.92 Å². The molecule has 0 saturated carbocycles. The molecular formula is C14H22N2O2. The van der Waals surface area contributed by atoms with Gasteiger partial charge in [0.25, 0.3) is 0 Å². The van der Waals surface area contributed by atoms with Crippen molar-refractivity contribution in [2.45, 2.75) is 19.8 Å². The van der Waals surface area contributed by atoms with E-state index in [1.165, 1.54) is 5.56 Å². The minimum atomic E-state index is 0.0752. The molecule has 1 aromatic carbocycles. The summed E-state index contributed by atoms with van der Waals surface area (Å²) in [5.41, 5.74) is 2.27. The van der Waals surface area contributed by atoms with Gasteiger partial charge in [-0.1, -0.05) is 12.1 Å². The zero-order chi connectivity index (χ0) is 13.2. The molecule has 0 bridgehead atoms. The number of amides is 1. The average molecular weight is 250 g/mol. The fourth-order valence-corrected chi connectivity index (χ4v) is 1.61. The molecule has 0 aliphatic heterocycles. The Kier molecular flexibility index (Phi) is 6.87. The summed E-state index contributed by atoms with van der Waals surface area (Å²) in [6.07, 6.45) is 1.34. The highest BCUT2D eigenvalue weighted by molar-refractivity contribution is 5.76. The number of carbonyl (C=O) groups is 1. The molecule has 0 saturated heterocycles. The van der Waals surface area contributed by atoms with Gasteiger partial charge in [-0.2, -0.15) is 0 Å². The summed E-state index contributed by atoms with van der Waals surface area (Å²) in [5, 5.41) is 6.09. The number of aryl methyl sites for hydroxylation is 1. The van der Waals surface area contributed by atoms with Crippen molar-refractivity contribution in [3.8, 4) is 0 Å². The Hall–Kier alpha value is -1.55. The van der Waals surface area contributed by atoms with E-state index in [0.29, 0.717) is 26.1 Å². The van der Waals surface area contributed by atoms with E-state index in [2.05, 4.69) is 16.7 Å². The van der Waals surface area contributed by atoms with Gasteiger partial charge in [0.2, 0.25) is 5.91 Å². The third-order valence-electron chi connectivity index (χ3n) is 2.55. The van der Waals surface area contributed by atoms with E-state index in [1.807, 2.05) is 25.1 Å². The Labute approximate surface area is 109 Å². The normalized spacial score (nSPS) is 10.1. The van der Waals surface area contributed by atoms with Crippen molar-refractivity contribution in [3.05, 3.63) is 29.8 Å². The lowest BCUT2D eigenvalue weighted by molar-refractivity contribution is -0.120. The standard InChI is InChI=1S/C14H22N2O2/c1-12-5-3-6-13(11-12)15-9-7-14(17)16-8-4-10-18-2/h3,5-6,11,15H,4,7-10H2,1-2H3,(H,16,17). The molecule has 4 nitrogen and oxygen atoms in total. The Morgan fingerprint density at radius 3 is 2.89 bits per heavy atom. The van der Waals surface area contributed by atoms with Crippen LogP contribution in [-0.4, -0.2) is 32.7 Å². The van der Waals surface area contributed by atoms with Crippen LogP contribution < -0.4 is 10.6 Å². The molecule has 0 aromatic heterocycles. The molecule has 1 rings (SSSR count). The second-order valence-corrected chi connectivity index (χ2v) is 4.24. The van der Waals surface area contributed by atoms with Gasteiger partial charge in [-0.3, -0.25) is 4.79 Å². The van der Waals surface area contributed by atoms with E-state index in [0.717, 1.165) is 12.1 Å². The quantitative estimate of drug-likeness (QED) is 0.693. The van der Waals surface area contributed by atoms with Crippen LogP contribution in [0.1, 0.15) is 18.4 Å². The van der Waals surface area contributed by atoms with Crippen molar-refractivity contribution in [3.63, 3.8) is 0 Å². The third kappa shape index (κ3) is 6.25. The Morgan fingerprint density at radius 1 is 1.33 bits per heavy atom. The van der Waals surface area contributed by atoms with Crippen molar-refractivity contribution in [1.82, 2.24) is 5.32 Å². The van der Waals surface area contributed by atoms with E-state index in [9.17, 15) is 4.79 Å². The van der Waals surface area contributed by atoms with E-state index < -0.39 is 0 Å². The maximum atomic E-state index is 11.5. The molecule has 0 aliphatic rings. The van der Waals surface area contributed by atoms with Gasteiger partial charge in [0, 0.05) is 38.9 Å². The molecule has 2 N–H and O–H groups in total. The Balaban J connectivity index is 2.12. The smallest absolute Gasteiger partial charge is 0.221 e. The molecule has 4 heteroatoms. The summed E-state index contributed by atoms with van der Waals surface area (Å²) in [5.74, 6) is 0.0752. The fraction of sp³-hybridized carbons (Fsp3) is 0.500. The van der Waals surface area contributed by atoms with Crippen molar-refractivity contribution < 1.29 is 9.53 Å². The number of anilines is 1. The molecule has 0 unspecified atom stereocenters. The van der Waals surface area contributed by atoms with Gasteiger partial charge in [-0.05, 0) is 31.0 Å². The lowest BCUT2D eigenvalue weighted by Gasteiger charge is -2.08. The van der Waals surface area contributed by atoms with E-state index >= 15 is 0 Å². The number of nitrogens with one attached hydrogen (secondary N) is 2. The summed E-state index contributed by atoms with van der Waals surface area (Å²) in [6, 6.07) is 8.12. The number of carbonyl (C=O) groups excluding carboxylic acids is 1. The van der Waals surface area contributed by atoms with Gasteiger partial charge >= 0.3 is 0 Å². The highest BCUT2D eigenvalue weighted by Crippen LogP contribution is 2.08. The predicted molar refractivity (Wildman–Crippen MR) is 73.8 cm³/mol. The topological polar surface area (TPSA) is 50.4 Å². The zero-order valence-corrected chi connectivity index (χ0v) is 11.2. The summed E-state index contributed by atoms with van der Waals surface area (Å²) < 4.78 is 4.91. The molecule has 0 atom stereocenters. The van der Waals surface area contributed by atoms with Gasteiger partial charge in [-0.15, -0.1) is 0 Å². The van der Waals surface area contributed by atoms with Crippen molar-refractivity contribution in [2.24, 2.45) is 0 Å². The fourth-order valence-electron chi connectivity index (χ4n) is 1.61. The minimum Gasteiger partial charge on any atom is -0.385 e. The largest absolute Gasteiger partial charge is 0.385 e. The first kappa shape index (κ1) is 14.5. The average Bonchev–Trinajstić information content (AvgIpc) is 2.35. The summed E-state index contributed by atoms with van der Waals surface area (Å²) in [7, 11) is 1.66. The summed E-state index contributed by atoms with van der Waals surface area (Å²) in [4.78, 5) is 11.5. The van der Waals surface area contributed by atoms with Crippen molar-refractivity contribution in [1.29, 1.82) is 0 Å². The van der Waals surface area contributed by atoms with Crippen LogP contribution in [0.5, 0.6) is 0 Å². The lowest BCUT2D eigenvalue weighted by atomic mass is 10.2. The van der Waals surface area contributed by atoms with Crippen LogP contribution in [0.2, 0.25) is 0 Å². The summed E-state index contributed by atoms with van der Waals surface area (Å²) in [6.45, 7) is 4.06. The van der Waals surface area contributed by atoms with Gasteiger partial charge in [0.05, 0.1) is 0 Å². The zero-order valence-electron chi connectivity index (χ0n) is 11.2. The molecule has 1 amide bonds.